The summed E-state index contributed by atoms with van der Waals surface area (Å²) >= 11 is 1.64. The van der Waals surface area contributed by atoms with E-state index in [-0.39, 0.29) is 23.4 Å². The summed E-state index contributed by atoms with van der Waals surface area (Å²) in [4.78, 5) is 32.1. The first kappa shape index (κ1) is 19.8. The molecule has 6 heteroatoms. The number of thiophene rings is 1. The van der Waals surface area contributed by atoms with Gasteiger partial charge in [0.2, 0.25) is 5.91 Å². The fraction of sp³-hybridized carbons (Fsp3) is 0.435. The molecule has 0 saturated carbocycles. The van der Waals surface area contributed by atoms with E-state index in [0.717, 1.165) is 40.6 Å². The second-order valence-corrected chi connectivity index (χ2v) is 10.0. The van der Waals surface area contributed by atoms with Crippen LogP contribution in [-0.4, -0.2) is 15.5 Å². The molecule has 1 aliphatic rings. The maximum Gasteiger partial charge on any atom is 0.262 e. The quantitative estimate of drug-likeness (QED) is 0.710. The third-order valence-electron chi connectivity index (χ3n) is 5.91. The van der Waals surface area contributed by atoms with Gasteiger partial charge in [-0.1, -0.05) is 51.1 Å². The van der Waals surface area contributed by atoms with E-state index in [1.54, 1.807) is 11.3 Å². The van der Waals surface area contributed by atoms with Gasteiger partial charge in [0.25, 0.3) is 5.56 Å². The first-order valence-electron chi connectivity index (χ1n) is 10.1. The molecule has 0 spiro atoms. The number of amides is 1. The largest absolute Gasteiger partial charge is 0.350 e. The predicted molar refractivity (Wildman–Crippen MR) is 117 cm³/mol. The van der Waals surface area contributed by atoms with Gasteiger partial charge in [0.1, 0.15) is 11.4 Å². The van der Waals surface area contributed by atoms with Crippen LogP contribution < -0.4 is 10.9 Å². The summed E-state index contributed by atoms with van der Waals surface area (Å²) in [5.74, 6) is 0.433. The highest BCUT2D eigenvalue weighted by atomic mass is 32.1. The molecule has 4 rings (SSSR count). The fourth-order valence-electron chi connectivity index (χ4n) is 4.06. The third kappa shape index (κ3) is 4.13. The number of fused-ring (bicyclic) bond motifs is 3. The molecular weight excluding hydrogens is 382 g/mol. The molecule has 1 atom stereocenters. The van der Waals surface area contributed by atoms with Gasteiger partial charge in [0.15, 0.2) is 0 Å². The Morgan fingerprint density at radius 1 is 1.28 bits per heavy atom. The van der Waals surface area contributed by atoms with Gasteiger partial charge in [-0.25, -0.2) is 4.98 Å². The van der Waals surface area contributed by atoms with E-state index < -0.39 is 0 Å². The van der Waals surface area contributed by atoms with Gasteiger partial charge < -0.3 is 5.32 Å². The van der Waals surface area contributed by atoms with E-state index in [9.17, 15) is 9.59 Å². The maximum atomic E-state index is 13.1. The normalized spacial score (nSPS) is 16.6. The second-order valence-electron chi connectivity index (χ2n) is 8.93. The Bertz CT molecular complexity index is 1090. The Labute approximate surface area is 174 Å². The zero-order valence-electron chi connectivity index (χ0n) is 17.2. The molecule has 5 nitrogen and oxygen atoms in total. The third-order valence-corrected chi connectivity index (χ3v) is 7.07. The number of nitrogens with one attached hydrogen (secondary N) is 1. The minimum atomic E-state index is -0.186. The highest BCUT2D eigenvalue weighted by Gasteiger charge is 2.31. The second kappa shape index (κ2) is 7.75. The fourth-order valence-corrected chi connectivity index (χ4v) is 5.32. The average Bonchev–Trinajstić information content (AvgIpc) is 3.07. The highest BCUT2D eigenvalue weighted by Crippen LogP contribution is 2.41. The lowest BCUT2D eigenvalue weighted by Gasteiger charge is -2.33. The van der Waals surface area contributed by atoms with Crippen LogP contribution in [0.3, 0.4) is 0 Å². The Kier molecular flexibility index (Phi) is 5.30. The summed E-state index contributed by atoms with van der Waals surface area (Å²) in [6.45, 7) is 7.30. The Morgan fingerprint density at radius 3 is 2.76 bits per heavy atom. The van der Waals surface area contributed by atoms with Gasteiger partial charge in [0.05, 0.1) is 11.7 Å². The maximum absolute atomic E-state index is 13.1. The topological polar surface area (TPSA) is 64.0 Å². The Hall–Kier alpha value is -2.47. The monoisotopic (exact) mass is 409 g/mol. The first-order valence-corrected chi connectivity index (χ1v) is 10.9. The summed E-state index contributed by atoms with van der Waals surface area (Å²) in [7, 11) is 0. The van der Waals surface area contributed by atoms with Crippen LogP contribution in [0.15, 0.2) is 41.5 Å². The number of aryl methyl sites for hydroxylation is 1. The molecule has 0 saturated heterocycles. The zero-order valence-corrected chi connectivity index (χ0v) is 18.0. The molecule has 3 aromatic rings. The minimum absolute atomic E-state index is 0.0101. The van der Waals surface area contributed by atoms with Crippen molar-refractivity contribution in [2.24, 2.45) is 11.3 Å². The standard InChI is InChI=1S/C23H27N3O2S/c1-23(2,3)16-9-10-17-18(11-16)29-21-20(17)22(28)26(14-25-21)13-19(27)24-12-15-7-5-4-6-8-15/h4-8,14,16H,9-13H2,1-3H3,(H,24,27)/t16-/m1/s1. The molecule has 2 heterocycles. The van der Waals surface area contributed by atoms with Gasteiger partial charge in [-0.15, -0.1) is 11.3 Å². The van der Waals surface area contributed by atoms with Crippen LogP contribution in [0.4, 0.5) is 0 Å². The van der Waals surface area contributed by atoms with Crippen LogP contribution in [0.1, 0.15) is 43.2 Å². The van der Waals surface area contributed by atoms with E-state index in [1.807, 2.05) is 30.3 Å². The summed E-state index contributed by atoms with van der Waals surface area (Å²) in [6, 6.07) is 9.74. The van der Waals surface area contributed by atoms with E-state index in [2.05, 4.69) is 31.1 Å². The van der Waals surface area contributed by atoms with Gasteiger partial charge in [-0.05, 0) is 41.7 Å². The summed E-state index contributed by atoms with van der Waals surface area (Å²) in [6.07, 6.45) is 4.53. The smallest absolute Gasteiger partial charge is 0.262 e. The number of aromatic nitrogens is 2. The van der Waals surface area contributed by atoms with Gasteiger partial charge >= 0.3 is 0 Å². The number of nitrogens with zero attached hydrogens (tertiary/aromatic N) is 2. The number of carbonyl (C=O) groups excluding carboxylic acids is 1. The van der Waals surface area contributed by atoms with Crippen molar-refractivity contribution in [3.05, 3.63) is 63.0 Å². The van der Waals surface area contributed by atoms with Crippen molar-refractivity contribution in [2.75, 3.05) is 0 Å². The summed E-state index contributed by atoms with van der Waals surface area (Å²) in [5, 5.41) is 3.60. The molecular formula is C23H27N3O2S. The Morgan fingerprint density at radius 2 is 2.03 bits per heavy atom. The molecule has 0 bridgehead atoms. The Balaban J connectivity index is 1.54. The van der Waals surface area contributed by atoms with Crippen molar-refractivity contribution < 1.29 is 4.79 Å². The number of hydrogen-bond acceptors (Lipinski definition) is 4. The molecule has 0 radical (unpaired) electrons. The van der Waals surface area contributed by atoms with Crippen molar-refractivity contribution in [2.45, 2.75) is 53.1 Å². The van der Waals surface area contributed by atoms with Crippen LogP contribution in [0.25, 0.3) is 10.2 Å². The summed E-state index contributed by atoms with van der Waals surface area (Å²) < 4.78 is 1.44. The molecule has 2 aromatic heterocycles. The molecule has 1 N–H and O–H groups in total. The van der Waals surface area contributed by atoms with Crippen LogP contribution in [0, 0.1) is 11.3 Å². The van der Waals surface area contributed by atoms with Crippen molar-refractivity contribution in [1.82, 2.24) is 14.9 Å². The minimum Gasteiger partial charge on any atom is -0.350 e. The molecule has 152 valence electrons. The van der Waals surface area contributed by atoms with E-state index in [1.165, 1.54) is 15.8 Å². The lowest BCUT2D eigenvalue weighted by Crippen LogP contribution is -2.32. The van der Waals surface area contributed by atoms with Crippen molar-refractivity contribution in [1.29, 1.82) is 0 Å². The SMILES string of the molecule is CC(C)(C)[C@@H]1CCc2c(sc3ncn(CC(=O)NCc4ccccc4)c(=O)c23)C1. The van der Waals surface area contributed by atoms with Gasteiger partial charge in [-0.3, -0.25) is 14.2 Å². The van der Waals surface area contributed by atoms with Crippen LogP contribution in [-0.2, 0) is 30.7 Å². The highest BCUT2D eigenvalue weighted by molar-refractivity contribution is 7.18. The van der Waals surface area contributed by atoms with E-state index in [0.29, 0.717) is 12.5 Å². The first-order chi connectivity index (χ1) is 13.8. The summed E-state index contributed by atoms with van der Waals surface area (Å²) in [5.41, 5.74) is 2.35. The predicted octanol–water partition coefficient (Wildman–Crippen LogP) is 3.93. The molecule has 29 heavy (non-hydrogen) atoms. The number of rotatable bonds is 4. The van der Waals surface area contributed by atoms with Crippen molar-refractivity contribution in [3.63, 3.8) is 0 Å². The van der Waals surface area contributed by atoms with Gasteiger partial charge in [0, 0.05) is 11.4 Å². The number of carbonyl (C=O) groups is 1. The molecule has 1 amide bonds. The van der Waals surface area contributed by atoms with Crippen molar-refractivity contribution >= 4 is 27.5 Å². The number of benzene rings is 1. The van der Waals surface area contributed by atoms with Gasteiger partial charge in [-0.2, -0.15) is 0 Å². The zero-order chi connectivity index (χ0) is 20.6. The lowest BCUT2D eigenvalue weighted by atomic mass is 9.72. The molecule has 0 fully saturated rings. The van der Waals surface area contributed by atoms with E-state index in [4.69, 9.17) is 0 Å². The van der Waals surface area contributed by atoms with Crippen LogP contribution in [0.5, 0.6) is 0 Å². The van der Waals surface area contributed by atoms with E-state index >= 15 is 0 Å². The molecule has 1 aliphatic carbocycles. The van der Waals surface area contributed by atoms with Crippen LogP contribution >= 0.6 is 11.3 Å². The lowest BCUT2D eigenvalue weighted by molar-refractivity contribution is -0.121. The molecule has 1 aromatic carbocycles. The molecule has 0 aliphatic heterocycles. The van der Waals surface area contributed by atoms with Crippen molar-refractivity contribution in [3.8, 4) is 0 Å². The number of hydrogen-bond donors (Lipinski definition) is 1. The average molecular weight is 410 g/mol. The van der Waals surface area contributed by atoms with Crippen LogP contribution in [0.2, 0.25) is 0 Å². The molecule has 0 unspecified atom stereocenters.